The molecule has 0 unspecified atom stereocenters. The van der Waals surface area contributed by atoms with Crippen molar-refractivity contribution in [1.29, 1.82) is 0 Å². The Morgan fingerprint density at radius 1 is 1.26 bits per heavy atom. The molecule has 0 fully saturated rings. The van der Waals surface area contributed by atoms with E-state index >= 15 is 0 Å². The number of fused-ring (bicyclic) bond motifs is 1. The number of benzene rings is 2. The molecule has 0 bridgehead atoms. The lowest BCUT2D eigenvalue weighted by Gasteiger charge is -2.16. The van der Waals surface area contributed by atoms with Gasteiger partial charge in [-0.2, -0.15) is 11.8 Å². The van der Waals surface area contributed by atoms with Crippen LogP contribution >= 0.6 is 11.8 Å². The fraction of sp³-hybridized carbons (Fsp3) is 0.294. The first-order valence-electron chi connectivity index (χ1n) is 7.16. The van der Waals surface area contributed by atoms with E-state index in [0.717, 1.165) is 10.8 Å². The van der Waals surface area contributed by atoms with E-state index in [4.69, 9.17) is 4.74 Å². The Kier molecular flexibility index (Phi) is 5.87. The number of ether oxygens (including phenoxy) is 1. The summed E-state index contributed by atoms with van der Waals surface area (Å²) in [5.41, 5.74) is 0.362. The van der Waals surface area contributed by atoms with Crippen LogP contribution < -0.4 is 10.1 Å². The third kappa shape index (κ3) is 3.96. The molecule has 0 heterocycles. The first kappa shape index (κ1) is 17.1. The predicted molar refractivity (Wildman–Crippen MR) is 92.4 cm³/mol. The van der Waals surface area contributed by atoms with Crippen LogP contribution in [0.4, 0.5) is 0 Å². The van der Waals surface area contributed by atoms with Gasteiger partial charge in [0.05, 0.1) is 12.7 Å². The van der Waals surface area contributed by atoms with Crippen LogP contribution in [-0.2, 0) is 4.79 Å². The van der Waals surface area contributed by atoms with E-state index < -0.39 is 17.9 Å². The van der Waals surface area contributed by atoms with E-state index in [2.05, 4.69) is 5.32 Å². The van der Waals surface area contributed by atoms with Crippen molar-refractivity contribution in [2.75, 3.05) is 19.1 Å². The quantitative estimate of drug-likeness (QED) is 0.815. The molecule has 0 spiro atoms. The van der Waals surface area contributed by atoms with Crippen LogP contribution in [0.25, 0.3) is 10.8 Å². The summed E-state index contributed by atoms with van der Waals surface area (Å²) in [6.07, 6.45) is 2.27. The molecule has 1 atom stereocenters. The van der Waals surface area contributed by atoms with Crippen molar-refractivity contribution in [2.24, 2.45) is 0 Å². The molecule has 0 aliphatic rings. The number of carbonyl (C=O) groups excluding carboxylic acids is 1. The van der Waals surface area contributed by atoms with Gasteiger partial charge < -0.3 is 15.2 Å². The van der Waals surface area contributed by atoms with Crippen molar-refractivity contribution in [3.63, 3.8) is 0 Å². The van der Waals surface area contributed by atoms with Crippen LogP contribution in [0.15, 0.2) is 36.4 Å². The smallest absolute Gasteiger partial charge is 0.326 e. The fourth-order valence-corrected chi connectivity index (χ4v) is 2.85. The largest absolute Gasteiger partial charge is 0.496 e. The zero-order valence-corrected chi connectivity index (χ0v) is 13.9. The summed E-state index contributed by atoms with van der Waals surface area (Å²) in [4.78, 5) is 24.0. The second-order valence-corrected chi connectivity index (χ2v) is 6.00. The zero-order valence-electron chi connectivity index (χ0n) is 13.0. The summed E-state index contributed by atoms with van der Waals surface area (Å²) in [6.45, 7) is 0. The monoisotopic (exact) mass is 333 g/mol. The molecule has 0 saturated carbocycles. The summed E-state index contributed by atoms with van der Waals surface area (Å²) in [5, 5.41) is 13.5. The molecule has 2 aromatic carbocycles. The first-order valence-corrected chi connectivity index (χ1v) is 8.56. The number of aliphatic carboxylic acids is 1. The van der Waals surface area contributed by atoms with Crippen LogP contribution in [0.1, 0.15) is 16.8 Å². The van der Waals surface area contributed by atoms with Gasteiger partial charge in [-0.15, -0.1) is 0 Å². The third-order valence-electron chi connectivity index (χ3n) is 3.55. The Balaban J connectivity index is 2.37. The number of carbonyl (C=O) groups is 2. The molecular formula is C17H19NO4S. The maximum atomic E-state index is 12.7. The number of methoxy groups -OCH3 is 1. The Morgan fingerprint density at radius 3 is 2.65 bits per heavy atom. The number of hydrogen-bond donors (Lipinski definition) is 2. The lowest BCUT2D eigenvalue weighted by atomic mass is 10.0. The van der Waals surface area contributed by atoms with Gasteiger partial charge in [-0.3, -0.25) is 4.79 Å². The SMILES string of the molecule is COc1ccc2ccccc2c1C(=O)N[C@@H](CCSC)C(=O)O. The second kappa shape index (κ2) is 7.87. The molecule has 0 aliphatic carbocycles. The minimum Gasteiger partial charge on any atom is -0.496 e. The number of carboxylic acid groups (broad SMARTS) is 1. The van der Waals surface area contributed by atoms with Crippen LogP contribution in [0.2, 0.25) is 0 Å². The second-order valence-electron chi connectivity index (χ2n) is 5.01. The van der Waals surface area contributed by atoms with Crippen molar-refractivity contribution in [2.45, 2.75) is 12.5 Å². The van der Waals surface area contributed by atoms with Crippen molar-refractivity contribution in [3.05, 3.63) is 42.0 Å². The van der Waals surface area contributed by atoms with Gasteiger partial charge in [0.25, 0.3) is 5.91 Å². The highest BCUT2D eigenvalue weighted by molar-refractivity contribution is 7.98. The molecule has 0 saturated heterocycles. The summed E-state index contributed by atoms with van der Waals surface area (Å²) >= 11 is 1.54. The molecule has 2 rings (SSSR count). The van der Waals surface area contributed by atoms with Crippen molar-refractivity contribution < 1.29 is 19.4 Å². The number of hydrogen-bond acceptors (Lipinski definition) is 4. The van der Waals surface area contributed by atoms with Gasteiger partial charge >= 0.3 is 5.97 Å². The van der Waals surface area contributed by atoms with Crippen molar-refractivity contribution in [3.8, 4) is 5.75 Å². The Hall–Kier alpha value is -2.21. The molecule has 0 radical (unpaired) electrons. The first-order chi connectivity index (χ1) is 11.1. The van der Waals surface area contributed by atoms with Crippen LogP contribution in [0.5, 0.6) is 5.75 Å². The molecule has 122 valence electrons. The fourth-order valence-electron chi connectivity index (χ4n) is 2.38. The molecule has 6 heteroatoms. The number of rotatable bonds is 7. The lowest BCUT2D eigenvalue weighted by Crippen LogP contribution is -2.41. The Bertz CT molecular complexity index is 717. The van der Waals surface area contributed by atoms with Crippen molar-refractivity contribution in [1.82, 2.24) is 5.32 Å². The average Bonchev–Trinajstić information content (AvgIpc) is 2.56. The van der Waals surface area contributed by atoms with Crippen LogP contribution in [0.3, 0.4) is 0 Å². The highest BCUT2D eigenvalue weighted by Gasteiger charge is 2.23. The topological polar surface area (TPSA) is 75.6 Å². The van der Waals surface area contributed by atoms with Gasteiger partial charge in [0.2, 0.25) is 0 Å². The van der Waals surface area contributed by atoms with Gasteiger partial charge in [0, 0.05) is 0 Å². The number of nitrogens with one attached hydrogen (secondary N) is 1. The third-order valence-corrected chi connectivity index (χ3v) is 4.20. The molecule has 5 nitrogen and oxygen atoms in total. The normalized spacial score (nSPS) is 11.9. The summed E-state index contributed by atoms with van der Waals surface area (Å²) in [5.74, 6) is -0.391. The van der Waals surface area contributed by atoms with Crippen molar-refractivity contribution >= 4 is 34.4 Å². The summed E-state index contributed by atoms with van der Waals surface area (Å²) in [6, 6.07) is 10.1. The summed E-state index contributed by atoms with van der Waals surface area (Å²) < 4.78 is 5.29. The highest BCUT2D eigenvalue weighted by atomic mass is 32.2. The van der Waals surface area contributed by atoms with Gasteiger partial charge in [-0.1, -0.05) is 30.3 Å². The average molecular weight is 333 g/mol. The number of amides is 1. The van der Waals surface area contributed by atoms with E-state index in [9.17, 15) is 14.7 Å². The number of thioether (sulfide) groups is 1. The Labute approximate surface area is 139 Å². The maximum Gasteiger partial charge on any atom is 0.326 e. The molecule has 0 aliphatic heterocycles. The summed E-state index contributed by atoms with van der Waals surface area (Å²) in [7, 11) is 1.49. The maximum absolute atomic E-state index is 12.7. The zero-order chi connectivity index (χ0) is 16.8. The van der Waals surface area contributed by atoms with Crippen LogP contribution in [0, 0.1) is 0 Å². The Morgan fingerprint density at radius 2 is 2.00 bits per heavy atom. The van der Waals surface area contributed by atoms with E-state index in [1.54, 1.807) is 17.8 Å². The van der Waals surface area contributed by atoms with Gasteiger partial charge in [0.1, 0.15) is 11.8 Å². The van der Waals surface area contributed by atoms with Gasteiger partial charge in [0.15, 0.2) is 0 Å². The van der Waals surface area contributed by atoms with E-state index in [1.165, 1.54) is 7.11 Å². The molecule has 1 amide bonds. The molecule has 0 aromatic heterocycles. The molecule has 2 N–H and O–H groups in total. The van der Waals surface area contributed by atoms with E-state index in [0.29, 0.717) is 23.5 Å². The minimum atomic E-state index is -1.04. The van der Waals surface area contributed by atoms with E-state index in [1.807, 2.05) is 36.6 Å². The highest BCUT2D eigenvalue weighted by Crippen LogP contribution is 2.28. The minimum absolute atomic E-state index is 0.362. The molecule has 23 heavy (non-hydrogen) atoms. The van der Waals surface area contributed by atoms with Crippen LogP contribution in [-0.4, -0.2) is 42.1 Å². The lowest BCUT2D eigenvalue weighted by molar-refractivity contribution is -0.139. The molecular weight excluding hydrogens is 314 g/mol. The number of carboxylic acids is 1. The predicted octanol–water partition coefficient (Wildman–Crippen LogP) is 2.78. The van der Waals surface area contributed by atoms with E-state index in [-0.39, 0.29) is 0 Å². The molecule has 2 aromatic rings. The standard InChI is InChI=1S/C17H19NO4S/c1-22-14-8-7-11-5-3-4-6-12(11)15(14)16(19)18-13(17(20)21)9-10-23-2/h3-8,13H,9-10H2,1-2H3,(H,18,19)(H,20,21)/t13-/m0/s1. The van der Waals surface area contributed by atoms with Gasteiger partial charge in [-0.25, -0.2) is 4.79 Å². The van der Waals surface area contributed by atoms with Gasteiger partial charge in [-0.05, 0) is 35.3 Å².